The Labute approximate surface area is 136 Å². The van der Waals surface area contributed by atoms with Crippen LogP contribution in [0.25, 0.3) is 16.0 Å². The van der Waals surface area contributed by atoms with Crippen LogP contribution in [0.4, 0.5) is 0 Å². The Morgan fingerprint density at radius 2 is 1.43 bits per heavy atom. The smallest absolute Gasteiger partial charge is 0.417 e. The van der Waals surface area contributed by atoms with Crippen molar-refractivity contribution in [2.75, 3.05) is 0 Å². The third-order valence-corrected chi connectivity index (χ3v) is 1.82. The summed E-state index contributed by atoms with van der Waals surface area (Å²) in [4.78, 5) is 27.2. The lowest BCUT2D eigenvalue weighted by Crippen LogP contribution is -2.29. The highest BCUT2D eigenvalue weighted by Crippen LogP contribution is 2.09. The molecule has 0 saturated heterocycles. The predicted octanol–water partition coefficient (Wildman–Crippen LogP) is 3.05. The van der Waals surface area contributed by atoms with E-state index in [2.05, 4.69) is 14.8 Å². The molecule has 0 unspecified atom stereocenters. The molecule has 0 rings (SSSR count). The Balaban J connectivity index is 0. The first kappa shape index (κ1) is 22.9. The van der Waals surface area contributed by atoms with Crippen LogP contribution in [0.15, 0.2) is 5.11 Å². The average molecular weight is 327 g/mol. The van der Waals surface area contributed by atoms with Gasteiger partial charge in [0.15, 0.2) is 0 Å². The number of ether oxygens (including phenoxy) is 2. The van der Waals surface area contributed by atoms with Gasteiger partial charge in [-0.3, -0.25) is 4.79 Å². The van der Waals surface area contributed by atoms with E-state index in [1.807, 2.05) is 0 Å². The van der Waals surface area contributed by atoms with Crippen molar-refractivity contribution in [1.29, 1.82) is 0 Å². The first-order chi connectivity index (χ1) is 10.2. The lowest BCUT2D eigenvalue weighted by Gasteiger charge is -2.20. The van der Waals surface area contributed by atoms with Crippen molar-refractivity contribution in [2.45, 2.75) is 72.6 Å². The molecule has 9 heteroatoms. The number of azide groups is 1. The van der Waals surface area contributed by atoms with Gasteiger partial charge >= 0.3 is 17.7 Å². The number of hydrogen-bond donors (Lipinski definition) is 0. The molecule has 0 radical (unpaired) electrons. The first-order valence-electron chi connectivity index (χ1n) is 6.92. The van der Waals surface area contributed by atoms with E-state index in [4.69, 9.17) is 20.5 Å². The molecule has 0 bridgehead atoms. The molecule has 1 atom stereocenters. The topological polar surface area (TPSA) is 138 Å². The standard InChI is InChI=1S/C7H13N3O2.C7H12N2O2/c1-5(9-10-8)6(11)12-7(2,3)4;1-5(9-8)6(10)11-7(2,3)4/h5H,1-4H3;1-4H3/t5-;/m0./s1. The van der Waals surface area contributed by atoms with Gasteiger partial charge in [0, 0.05) is 11.8 Å². The van der Waals surface area contributed by atoms with E-state index in [9.17, 15) is 9.59 Å². The quantitative estimate of drug-likeness (QED) is 0.258. The largest absolute Gasteiger partial charge is 0.460 e. The van der Waals surface area contributed by atoms with Gasteiger partial charge in [0.1, 0.15) is 17.2 Å². The molecular formula is C14H25N5O4. The highest BCUT2D eigenvalue weighted by Gasteiger charge is 2.22. The molecule has 0 aromatic heterocycles. The zero-order chi connectivity index (χ0) is 18.8. The minimum absolute atomic E-state index is 0.0417. The highest BCUT2D eigenvalue weighted by atomic mass is 16.6. The number of carbonyl (C=O) groups is 2. The van der Waals surface area contributed by atoms with Crippen LogP contribution >= 0.6 is 0 Å². The molecule has 0 N–H and O–H groups in total. The fourth-order valence-corrected chi connectivity index (χ4v) is 0.904. The Morgan fingerprint density at radius 1 is 1.00 bits per heavy atom. The Kier molecular flexibility index (Phi) is 9.57. The van der Waals surface area contributed by atoms with Crippen LogP contribution in [-0.4, -0.2) is 39.7 Å². The molecule has 0 aromatic carbocycles. The van der Waals surface area contributed by atoms with Gasteiger partial charge in [-0.25, -0.2) is 4.79 Å². The maximum Gasteiger partial charge on any atom is 0.417 e. The predicted molar refractivity (Wildman–Crippen MR) is 84.6 cm³/mol. The fourth-order valence-electron chi connectivity index (χ4n) is 0.904. The monoisotopic (exact) mass is 327 g/mol. The van der Waals surface area contributed by atoms with E-state index in [0.29, 0.717) is 0 Å². The molecule has 0 amide bonds. The lowest BCUT2D eigenvalue weighted by molar-refractivity contribution is -0.156. The van der Waals surface area contributed by atoms with Crippen molar-refractivity contribution in [2.24, 2.45) is 5.11 Å². The van der Waals surface area contributed by atoms with E-state index in [-0.39, 0.29) is 5.71 Å². The van der Waals surface area contributed by atoms with Gasteiger partial charge in [0.05, 0.1) is 0 Å². The van der Waals surface area contributed by atoms with Crippen molar-refractivity contribution in [3.8, 4) is 0 Å². The third kappa shape index (κ3) is 14.3. The molecule has 130 valence electrons. The molecule has 0 aromatic rings. The van der Waals surface area contributed by atoms with Crippen LogP contribution in [0.5, 0.6) is 0 Å². The molecule has 0 heterocycles. The van der Waals surface area contributed by atoms with Gasteiger partial charge in [-0.05, 0) is 54.0 Å². The van der Waals surface area contributed by atoms with Crippen molar-refractivity contribution >= 4 is 17.7 Å². The molecule has 9 nitrogen and oxygen atoms in total. The fraction of sp³-hybridized carbons (Fsp3) is 0.786. The van der Waals surface area contributed by atoms with Crippen LogP contribution in [0.1, 0.15) is 55.4 Å². The molecule has 0 aliphatic rings. The summed E-state index contributed by atoms with van der Waals surface area (Å²) in [5.74, 6) is -1.10. The van der Waals surface area contributed by atoms with Crippen molar-refractivity contribution < 1.29 is 23.9 Å². The summed E-state index contributed by atoms with van der Waals surface area (Å²) in [5.41, 5.74) is 15.1. The molecule has 0 aliphatic carbocycles. The van der Waals surface area contributed by atoms with Crippen molar-refractivity contribution in [3.05, 3.63) is 16.0 Å². The third-order valence-electron chi connectivity index (χ3n) is 1.82. The summed E-state index contributed by atoms with van der Waals surface area (Å²) in [6.07, 6.45) is 0. The van der Waals surface area contributed by atoms with Crippen LogP contribution in [0, 0.1) is 0 Å². The lowest BCUT2D eigenvalue weighted by atomic mass is 10.2. The second kappa shape index (κ2) is 9.61. The van der Waals surface area contributed by atoms with Crippen LogP contribution in [0.2, 0.25) is 0 Å². The Bertz CT molecular complexity index is 518. The molecule has 0 spiro atoms. The Hall–Kier alpha value is -2.37. The minimum atomic E-state index is -0.755. The zero-order valence-corrected chi connectivity index (χ0v) is 14.9. The summed E-state index contributed by atoms with van der Waals surface area (Å²) in [6.45, 7) is 13.4. The van der Waals surface area contributed by atoms with E-state index in [1.165, 1.54) is 13.8 Å². The summed E-state index contributed by atoms with van der Waals surface area (Å²) >= 11 is 0. The molecule has 0 fully saturated rings. The second-order valence-electron chi connectivity index (χ2n) is 6.60. The molecule has 23 heavy (non-hydrogen) atoms. The van der Waals surface area contributed by atoms with E-state index in [1.54, 1.807) is 41.5 Å². The summed E-state index contributed by atoms with van der Waals surface area (Å²) in [6, 6.07) is -0.755. The van der Waals surface area contributed by atoms with Gasteiger partial charge < -0.3 is 15.0 Å². The van der Waals surface area contributed by atoms with Crippen LogP contribution in [-0.2, 0) is 19.1 Å². The Morgan fingerprint density at radius 3 is 1.74 bits per heavy atom. The number of esters is 2. The van der Waals surface area contributed by atoms with E-state index in [0.717, 1.165) is 0 Å². The highest BCUT2D eigenvalue weighted by molar-refractivity contribution is 6.32. The summed E-state index contributed by atoms with van der Waals surface area (Å²) in [5, 5.41) is 3.21. The van der Waals surface area contributed by atoms with Gasteiger partial charge in [0.25, 0.3) is 0 Å². The van der Waals surface area contributed by atoms with Crippen LogP contribution < -0.4 is 0 Å². The maximum atomic E-state index is 11.1. The van der Waals surface area contributed by atoms with Crippen LogP contribution in [0.3, 0.4) is 0 Å². The van der Waals surface area contributed by atoms with E-state index >= 15 is 0 Å². The van der Waals surface area contributed by atoms with Crippen molar-refractivity contribution in [1.82, 2.24) is 0 Å². The van der Waals surface area contributed by atoms with Gasteiger partial charge in [-0.15, -0.1) is 0 Å². The second-order valence-corrected chi connectivity index (χ2v) is 6.60. The maximum absolute atomic E-state index is 11.1. The number of nitrogens with zero attached hydrogens (tertiary/aromatic N) is 5. The summed E-state index contributed by atoms with van der Waals surface area (Å²) < 4.78 is 9.81. The molecular weight excluding hydrogens is 302 g/mol. The van der Waals surface area contributed by atoms with Crippen molar-refractivity contribution in [3.63, 3.8) is 0 Å². The summed E-state index contributed by atoms with van der Waals surface area (Å²) in [7, 11) is 0. The molecule has 0 aliphatic heterocycles. The van der Waals surface area contributed by atoms with Gasteiger partial charge in [-0.2, -0.15) is 4.79 Å². The van der Waals surface area contributed by atoms with Gasteiger partial charge in [0.2, 0.25) is 0 Å². The van der Waals surface area contributed by atoms with E-state index < -0.39 is 29.2 Å². The molecule has 0 saturated carbocycles. The normalized spacial score (nSPS) is 11.7. The SMILES string of the molecule is CC(=[N+]=[N-])C(=O)OC(C)(C)C.C[C@H](N=[N+]=[N-])C(=O)OC(C)(C)C. The average Bonchev–Trinajstić information content (AvgIpc) is 2.34. The first-order valence-corrected chi connectivity index (χ1v) is 6.92. The number of hydrogen-bond acceptors (Lipinski definition) is 5. The van der Waals surface area contributed by atoms with Gasteiger partial charge in [-0.1, -0.05) is 5.11 Å². The number of carbonyl (C=O) groups excluding carboxylic acids is 2. The number of rotatable bonds is 3. The minimum Gasteiger partial charge on any atom is -0.460 e. The zero-order valence-electron chi connectivity index (χ0n) is 14.9.